The fourth-order valence-electron chi connectivity index (χ4n) is 2.42. The Labute approximate surface area is 176 Å². The number of Topliss-reactive ketones (excluding diaryl/α,β-unsaturated/α-hetero) is 2. The molecule has 2 rings (SSSR count). The molecule has 0 unspecified atom stereocenters. The Bertz CT molecular complexity index is 967. The van der Waals surface area contributed by atoms with Crippen molar-refractivity contribution in [2.45, 2.75) is 12.8 Å². The van der Waals surface area contributed by atoms with Crippen LogP contribution in [0.1, 0.15) is 33.6 Å². The summed E-state index contributed by atoms with van der Waals surface area (Å²) in [5.74, 6) is -1.84. The molecule has 2 aromatic rings. The molecule has 1 radical (unpaired) electrons. The van der Waals surface area contributed by atoms with Crippen molar-refractivity contribution in [3.63, 3.8) is 0 Å². The van der Waals surface area contributed by atoms with Crippen LogP contribution in [0.3, 0.4) is 0 Å². The number of hydrogen-bond donors (Lipinski definition) is 1. The van der Waals surface area contributed by atoms with E-state index in [0.29, 0.717) is 11.1 Å². The van der Waals surface area contributed by atoms with E-state index >= 15 is 0 Å². The minimum absolute atomic E-state index is 0.0450. The van der Waals surface area contributed by atoms with Crippen LogP contribution < -0.4 is 10.1 Å². The number of carbonyl (C=O) groups excluding carboxylic acids is 4. The van der Waals surface area contributed by atoms with Gasteiger partial charge in [0.05, 0.1) is 0 Å². The monoisotopic (exact) mass is 433 g/mol. The van der Waals surface area contributed by atoms with Gasteiger partial charge in [0.2, 0.25) is 0 Å². The van der Waals surface area contributed by atoms with Crippen molar-refractivity contribution < 1.29 is 35.1 Å². The second-order valence-corrected chi connectivity index (χ2v) is 6.32. The predicted octanol–water partition coefficient (Wildman–Crippen LogP) is 2.77. The molecule has 0 fully saturated rings. The van der Waals surface area contributed by atoms with E-state index < -0.39 is 18.0 Å². The summed E-state index contributed by atoms with van der Waals surface area (Å²) in [6, 6.07) is 16.7. The number of nitrogens with one attached hydrogen (secondary N) is 2. The molecular weight excluding hydrogens is 415 g/mol. The van der Waals surface area contributed by atoms with E-state index in [1.54, 1.807) is 60.7 Å². The molecule has 6 nitrogen and oxygen atoms in total. The molecule has 0 aliphatic rings. The number of ketones is 4. The van der Waals surface area contributed by atoms with Crippen molar-refractivity contribution in [1.82, 2.24) is 10.1 Å². The van der Waals surface area contributed by atoms with Crippen molar-refractivity contribution in [3.8, 4) is 0 Å². The molecule has 29 heavy (non-hydrogen) atoms. The normalized spacial score (nSPS) is 11.7. The van der Waals surface area contributed by atoms with Gasteiger partial charge in [-0.3, -0.25) is 0 Å². The summed E-state index contributed by atoms with van der Waals surface area (Å²) < 4.78 is 2.36. The minimum atomic E-state index is -0.578. The van der Waals surface area contributed by atoms with Gasteiger partial charge in [-0.15, -0.1) is 0 Å². The van der Waals surface area contributed by atoms with Gasteiger partial charge >= 0.3 is 177 Å². The molecule has 149 valence electrons. The quantitative estimate of drug-likeness (QED) is 0.269. The zero-order valence-corrected chi connectivity index (χ0v) is 16.3. The van der Waals surface area contributed by atoms with E-state index in [2.05, 4.69) is 20.3 Å². The zero-order chi connectivity index (χ0) is 21.2. The Hall–Kier alpha value is -3.29. The van der Waals surface area contributed by atoms with Gasteiger partial charge in [0.25, 0.3) is 0 Å². The first-order valence-corrected chi connectivity index (χ1v) is 9.14. The maximum atomic E-state index is 12.1. The van der Waals surface area contributed by atoms with E-state index in [9.17, 15) is 19.2 Å². The molecule has 0 aromatic heterocycles. The number of allylic oxidation sites excluding steroid dienone is 2. The average molecular weight is 433 g/mol. The van der Waals surface area contributed by atoms with Crippen LogP contribution in [-0.2, 0) is 25.5 Å². The third kappa shape index (κ3) is 6.98. The molecular formula is C22H18CoN2O4. The van der Waals surface area contributed by atoms with Crippen LogP contribution in [0.2, 0.25) is 0 Å². The van der Waals surface area contributed by atoms with Crippen LogP contribution in [0.5, 0.6) is 0 Å². The zero-order valence-electron chi connectivity index (χ0n) is 15.3. The summed E-state index contributed by atoms with van der Waals surface area (Å²) >= 11 is 3.90. The predicted molar refractivity (Wildman–Crippen MR) is 103 cm³/mol. The molecule has 7 heteroatoms. The SMILES string of the molecule is [NH]C(=CC(=O)CC(=O)c1ccccc1)C(=CC(=O)CC(=O)c1ccccc1)[NH][Co]. The summed E-state index contributed by atoms with van der Waals surface area (Å²) in [6.07, 6.45) is 1.21. The fourth-order valence-corrected chi connectivity index (χ4v) is 2.63. The molecule has 0 saturated heterocycles. The number of carbonyl (C=O) groups is 4. The molecule has 0 saturated carbocycles. The summed E-state index contributed by atoms with van der Waals surface area (Å²) in [6.45, 7) is 0. The van der Waals surface area contributed by atoms with E-state index in [4.69, 9.17) is 5.73 Å². The summed E-state index contributed by atoms with van der Waals surface area (Å²) in [5.41, 5.74) is 8.41. The first-order valence-electron chi connectivity index (χ1n) is 8.62. The van der Waals surface area contributed by atoms with Gasteiger partial charge < -0.3 is 0 Å². The Morgan fingerprint density at radius 2 is 1.17 bits per heavy atom. The van der Waals surface area contributed by atoms with Crippen LogP contribution in [0.25, 0.3) is 0 Å². The summed E-state index contributed by atoms with van der Waals surface area (Å²) in [4.78, 5) is 48.3. The van der Waals surface area contributed by atoms with Crippen LogP contribution >= 0.6 is 0 Å². The van der Waals surface area contributed by atoms with Gasteiger partial charge in [-0.25, -0.2) is 0 Å². The molecule has 2 aromatic carbocycles. The number of rotatable bonds is 10. The average Bonchev–Trinajstić information content (AvgIpc) is 2.73. The Morgan fingerprint density at radius 1 is 0.759 bits per heavy atom. The topological polar surface area (TPSA) is 104 Å². The van der Waals surface area contributed by atoms with Gasteiger partial charge in [0.15, 0.2) is 0 Å². The fraction of sp³-hybridized carbons (Fsp3) is 0.0909. The molecule has 0 aliphatic carbocycles. The Balaban J connectivity index is 2.03. The van der Waals surface area contributed by atoms with Crippen molar-refractivity contribution in [3.05, 3.63) is 95.3 Å². The van der Waals surface area contributed by atoms with Crippen LogP contribution in [0.4, 0.5) is 0 Å². The first kappa shape index (κ1) is 22.0. The van der Waals surface area contributed by atoms with Crippen molar-refractivity contribution in [1.29, 1.82) is 0 Å². The third-order valence-corrected chi connectivity index (χ3v) is 4.13. The number of benzene rings is 2. The van der Waals surface area contributed by atoms with Crippen molar-refractivity contribution >= 4 is 23.1 Å². The molecule has 0 bridgehead atoms. The van der Waals surface area contributed by atoms with Crippen LogP contribution in [0.15, 0.2) is 84.2 Å². The van der Waals surface area contributed by atoms with Crippen molar-refractivity contribution in [2.24, 2.45) is 0 Å². The van der Waals surface area contributed by atoms with E-state index in [-0.39, 0.29) is 29.4 Å². The third-order valence-electron chi connectivity index (χ3n) is 3.85. The molecule has 0 atom stereocenters. The Kier molecular flexibility index (Phi) is 8.26. The van der Waals surface area contributed by atoms with Crippen LogP contribution in [0, 0.1) is 0 Å². The van der Waals surface area contributed by atoms with Crippen molar-refractivity contribution in [2.75, 3.05) is 0 Å². The molecule has 0 heterocycles. The van der Waals surface area contributed by atoms with Gasteiger partial charge in [-0.1, -0.05) is 0 Å². The van der Waals surface area contributed by atoms with Gasteiger partial charge in [-0.05, 0) is 0 Å². The van der Waals surface area contributed by atoms with Gasteiger partial charge in [0, 0.05) is 0 Å². The van der Waals surface area contributed by atoms with Gasteiger partial charge in [0.1, 0.15) is 0 Å². The molecule has 0 aliphatic heterocycles. The van der Waals surface area contributed by atoms with E-state index in [1.807, 2.05) is 0 Å². The molecule has 2 N–H and O–H groups in total. The standard InChI is InChI=1S/C22H19N2O4.Co/c23-19(11-17(25)13-21(27)15-7-3-1-4-8-15)20(24)12-18(26)14-22(28)16-9-5-2-6-10-16;/h1-12,23H,13-14H2,(H2,24,26);/q;+1/p-1. The second-order valence-electron chi connectivity index (χ2n) is 6.06. The van der Waals surface area contributed by atoms with E-state index in [0.717, 1.165) is 12.2 Å². The van der Waals surface area contributed by atoms with Gasteiger partial charge in [-0.2, -0.15) is 0 Å². The summed E-state index contributed by atoms with van der Waals surface area (Å²) in [5, 5.41) is 0. The molecule has 0 spiro atoms. The molecule has 0 amide bonds. The summed E-state index contributed by atoms with van der Waals surface area (Å²) in [7, 11) is 0. The van der Waals surface area contributed by atoms with E-state index in [1.165, 1.54) is 0 Å². The maximum absolute atomic E-state index is 12.1. The van der Waals surface area contributed by atoms with Crippen LogP contribution in [-0.4, -0.2) is 23.1 Å². The first-order chi connectivity index (χ1) is 13.9. The number of hydrogen-bond acceptors (Lipinski definition) is 5. The second kappa shape index (κ2) is 10.9. The Morgan fingerprint density at radius 3 is 1.59 bits per heavy atom.